The molecule has 0 saturated carbocycles. The van der Waals surface area contributed by atoms with Gasteiger partial charge in [0.15, 0.2) is 0 Å². The summed E-state index contributed by atoms with van der Waals surface area (Å²) < 4.78 is 53.3. The van der Waals surface area contributed by atoms with E-state index in [1.165, 1.54) is 0 Å². The van der Waals surface area contributed by atoms with Crippen LogP contribution in [0.5, 0.6) is 0 Å². The Balaban J connectivity index is -0.0000000457. The van der Waals surface area contributed by atoms with E-state index in [1.54, 1.807) is 0 Å². The van der Waals surface area contributed by atoms with Crippen molar-refractivity contribution in [1.29, 1.82) is 0 Å². The molecule has 0 unspecified atom stereocenters. The molecule has 0 spiro atoms. The molecular weight excluding hydrogens is 263 g/mol. The number of rotatable bonds is 0. The maximum absolute atomic E-state index is 8.89. The quantitative estimate of drug-likeness (QED) is 0.491. The summed E-state index contributed by atoms with van der Waals surface area (Å²) in [5.74, 6) is 0. The van der Waals surface area contributed by atoms with Gasteiger partial charge in [0.1, 0.15) is 0 Å². The molecule has 4 N–H and O–H groups in total. The first-order valence-electron chi connectivity index (χ1n) is 1.33. The first-order valence-corrected chi connectivity index (χ1v) is 6.00. The zero-order chi connectivity index (χ0) is 9.00. The SMILES string of the molecule is O=S([O-])([O-])=S.O=S([O-])([O-])=S.[Mg+2].[NH4+]. The van der Waals surface area contributed by atoms with Gasteiger partial charge in [-0.15, -0.1) is 18.1 Å². The summed E-state index contributed by atoms with van der Waals surface area (Å²) in [6.07, 6.45) is 0. The van der Waals surface area contributed by atoms with Gasteiger partial charge >= 0.3 is 23.1 Å². The van der Waals surface area contributed by atoms with E-state index < -0.39 is 18.1 Å². The summed E-state index contributed by atoms with van der Waals surface area (Å²) in [4.78, 5) is 0. The molecule has 0 saturated heterocycles. The van der Waals surface area contributed by atoms with E-state index in [0.29, 0.717) is 0 Å². The standard InChI is InChI=1S/Mg.H3N.2H2O3S2/c;;2*1-5(2,3)4/h;1H3;2*(H2,1,2,3,4)/q+2;;;/p-3. The Morgan fingerprint density at radius 1 is 0.833 bits per heavy atom. The molecule has 7 nitrogen and oxygen atoms in total. The summed E-state index contributed by atoms with van der Waals surface area (Å²) in [7, 11) is -8.67. The van der Waals surface area contributed by atoms with E-state index in [0.717, 1.165) is 0 Å². The molecule has 72 valence electrons. The van der Waals surface area contributed by atoms with E-state index in [2.05, 4.69) is 22.4 Å². The second-order valence-electron chi connectivity index (χ2n) is 0.816. The van der Waals surface area contributed by atoms with Crippen LogP contribution in [0, 0.1) is 0 Å². The Hall–Kier alpha value is 1.31. The summed E-state index contributed by atoms with van der Waals surface area (Å²) in [5.41, 5.74) is 0. The molecule has 0 aliphatic heterocycles. The summed E-state index contributed by atoms with van der Waals surface area (Å²) in [6.45, 7) is 0. The van der Waals surface area contributed by atoms with Crippen molar-refractivity contribution in [1.82, 2.24) is 6.15 Å². The molecule has 0 rings (SSSR count). The molecular formula is H4MgNO6S4-. The molecule has 0 aliphatic rings. The van der Waals surface area contributed by atoms with Gasteiger partial charge in [-0.3, -0.25) is 8.42 Å². The fraction of sp³-hybridized carbons (Fsp3) is 0. The van der Waals surface area contributed by atoms with E-state index in [1.807, 2.05) is 0 Å². The van der Waals surface area contributed by atoms with Crippen molar-refractivity contribution < 1.29 is 26.6 Å². The van der Waals surface area contributed by atoms with Crippen molar-refractivity contribution in [3.05, 3.63) is 0 Å². The van der Waals surface area contributed by atoms with Crippen molar-refractivity contribution in [3.8, 4) is 0 Å². The molecule has 12 heteroatoms. The van der Waals surface area contributed by atoms with E-state index in [4.69, 9.17) is 26.6 Å². The molecule has 0 aromatic rings. The molecule has 0 fully saturated rings. The summed E-state index contributed by atoms with van der Waals surface area (Å²) >= 11 is 6.49. The third kappa shape index (κ3) is 704. The largest absolute Gasteiger partial charge is 2.00 e. The molecule has 0 radical (unpaired) electrons. The van der Waals surface area contributed by atoms with Crippen LogP contribution in [-0.4, -0.2) is 49.7 Å². The van der Waals surface area contributed by atoms with Crippen molar-refractivity contribution in [3.63, 3.8) is 0 Å². The second-order valence-corrected chi connectivity index (χ2v) is 4.90. The van der Waals surface area contributed by atoms with Gasteiger partial charge in [0.2, 0.25) is 0 Å². The van der Waals surface area contributed by atoms with Gasteiger partial charge in [-0.1, -0.05) is 0 Å². The average Bonchev–Trinajstić information content (AvgIpc) is 1.12. The monoisotopic (exact) mass is 266 g/mol. The minimum atomic E-state index is -4.33. The van der Waals surface area contributed by atoms with Crippen LogP contribution in [-0.2, 0) is 40.5 Å². The van der Waals surface area contributed by atoms with Gasteiger partial charge in [0.05, 0.1) is 0 Å². The average molecular weight is 267 g/mol. The normalized spacial score (nSPS) is 9.67. The molecule has 0 bridgehead atoms. The van der Waals surface area contributed by atoms with E-state index >= 15 is 0 Å². The fourth-order valence-electron chi connectivity index (χ4n) is 0. The topological polar surface area (TPSA) is 163 Å². The van der Waals surface area contributed by atoms with Crippen LogP contribution >= 0.6 is 0 Å². The Bertz CT molecular complexity index is 216. The second kappa shape index (κ2) is 8.88. The van der Waals surface area contributed by atoms with Crippen LogP contribution in [0.1, 0.15) is 0 Å². The predicted molar refractivity (Wildman–Crippen MR) is 45.9 cm³/mol. The Kier molecular flexibility index (Phi) is 17.2. The van der Waals surface area contributed by atoms with Crippen LogP contribution in [0.15, 0.2) is 0 Å². The van der Waals surface area contributed by atoms with Crippen LogP contribution < -0.4 is 6.15 Å². The van der Waals surface area contributed by atoms with E-state index in [-0.39, 0.29) is 29.2 Å². The minimum absolute atomic E-state index is 0. The molecule has 0 aromatic heterocycles. The number of hydrogen-bond acceptors (Lipinski definition) is 8. The first-order chi connectivity index (χ1) is 4.00. The van der Waals surface area contributed by atoms with Gasteiger partial charge in [-0.05, 0) is 22.4 Å². The van der Waals surface area contributed by atoms with Gasteiger partial charge in [0, 0.05) is 0 Å². The molecule has 0 aliphatic carbocycles. The molecule has 0 amide bonds. The Labute approximate surface area is 95.7 Å². The van der Waals surface area contributed by atoms with Gasteiger partial charge in [-0.25, -0.2) is 0 Å². The van der Waals surface area contributed by atoms with Crippen LogP contribution in [0.4, 0.5) is 0 Å². The Morgan fingerprint density at radius 2 is 0.833 bits per heavy atom. The van der Waals surface area contributed by atoms with Crippen molar-refractivity contribution >= 4 is 63.5 Å². The van der Waals surface area contributed by atoms with Crippen molar-refractivity contribution in [2.24, 2.45) is 0 Å². The minimum Gasteiger partial charge on any atom is -0.780 e. The number of quaternary nitrogens is 1. The van der Waals surface area contributed by atoms with Crippen LogP contribution in [0.3, 0.4) is 0 Å². The van der Waals surface area contributed by atoms with E-state index in [9.17, 15) is 0 Å². The zero-order valence-electron chi connectivity index (χ0n) is 5.79. The molecule has 12 heavy (non-hydrogen) atoms. The van der Waals surface area contributed by atoms with Crippen molar-refractivity contribution in [2.45, 2.75) is 0 Å². The smallest absolute Gasteiger partial charge is 0.780 e. The van der Waals surface area contributed by atoms with Crippen LogP contribution in [0.25, 0.3) is 0 Å². The number of hydrogen-bond donors (Lipinski definition) is 1. The maximum Gasteiger partial charge on any atom is 2.00 e. The third-order valence-electron chi connectivity index (χ3n) is 0. The molecule has 0 aromatic carbocycles. The first kappa shape index (κ1) is 23.3. The molecule has 0 heterocycles. The van der Waals surface area contributed by atoms with Gasteiger partial charge in [0.25, 0.3) is 0 Å². The fourth-order valence-corrected chi connectivity index (χ4v) is 0. The Morgan fingerprint density at radius 3 is 0.833 bits per heavy atom. The van der Waals surface area contributed by atoms with Crippen molar-refractivity contribution in [2.75, 3.05) is 0 Å². The third-order valence-corrected chi connectivity index (χ3v) is 0. The maximum atomic E-state index is 8.89. The zero-order valence-corrected chi connectivity index (χ0v) is 10.5. The van der Waals surface area contributed by atoms with Gasteiger partial charge in [-0.2, -0.15) is 0 Å². The summed E-state index contributed by atoms with van der Waals surface area (Å²) in [6, 6.07) is 0. The van der Waals surface area contributed by atoms with Gasteiger partial charge < -0.3 is 24.4 Å². The molecule has 0 atom stereocenters. The predicted octanol–water partition coefficient (Wildman–Crippen LogP) is -2.02. The van der Waals surface area contributed by atoms with Crippen LogP contribution in [0.2, 0.25) is 0 Å². The summed E-state index contributed by atoms with van der Waals surface area (Å²) in [5, 5.41) is 0.